The third kappa shape index (κ3) is 5.97. The third-order valence-corrected chi connectivity index (χ3v) is 1.14. The molecule has 0 aromatic carbocycles. The number of amides is 2. The summed E-state index contributed by atoms with van der Waals surface area (Å²) in [6.07, 6.45) is 0. The highest BCUT2D eigenvalue weighted by Crippen LogP contribution is 1.97. The lowest BCUT2D eigenvalue weighted by atomic mass is 10.1. The smallest absolute Gasteiger partial charge is 0.315 e. The number of aliphatic hydroxyl groups is 1. The van der Waals surface area contributed by atoms with E-state index in [9.17, 15) is 4.79 Å². The highest BCUT2D eigenvalue weighted by molar-refractivity contribution is 5.74. The van der Waals surface area contributed by atoms with E-state index in [0.717, 1.165) is 0 Å². The van der Waals surface area contributed by atoms with Crippen molar-refractivity contribution in [2.45, 2.75) is 39.3 Å². The van der Waals surface area contributed by atoms with E-state index < -0.39 is 0 Å². The van der Waals surface area contributed by atoms with Crippen LogP contribution in [-0.4, -0.2) is 29.3 Å². The first-order valence-electron chi connectivity index (χ1n) is 4.04. The highest BCUT2D eigenvalue weighted by atomic mass is 16.3. The van der Waals surface area contributed by atoms with E-state index >= 15 is 0 Å². The van der Waals surface area contributed by atoms with Crippen LogP contribution in [0.2, 0.25) is 0 Å². The predicted molar refractivity (Wildman–Crippen MR) is 48.0 cm³/mol. The van der Waals surface area contributed by atoms with Crippen molar-refractivity contribution in [2.24, 2.45) is 0 Å². The van der Waals surface area contributed by atoms with Crippen molar-refractivity contribution in [3.05, 3.63) is 0 Å². The van der Waals surface area contributed by atoms with Gasteiger partial charge in [0.2, 0.25) is 0 Å². The van der Waals surface area contributed by atoms with Crippen LogP contribution in [0, 0.1) is 0 Å². The average molecular weight is 174 g/mol. The molecule has 0 radical (unpaired) electrons. The summed E-state index contributed by atoms with van der Waals surface area (Å²) in [6, 6.07) is -0.448. The molecule has 0 aliphatic carbocycles. The van der Waals surface area contributed by atoms with Crippen molar-refractivity contribution in [2.75, 3.05) is 6.61 Å². The lowest BCUT2D eigenvalue weighted by molar-refractivity contribution is 0.213. The van der Waals surface area contributed by atoms with Gasteiger partial charge in [-0.3, -0.25) is 0 Å². The third-order valence-electron chi connectivity index (χ3n) is 1.14. The van der Waals surface area contributed by atoms with Gasteiger partial charge in [-0.2, -0.15) is 0 Å². The van der Waals surface area contributed by atoms with E-state index in [1.54, 1.807) is 6.92 Å². The Morgan fingerprint density at radius 2 is 2.00 bits per heavy atom. The first-order valence-corrected chi connectivity index (χ1v) is 4.04. The van der Waals surface area contributed by atoms with Crippen LogP contribution in [0.25, 0.3) is 0 Å². The first-order chi connectivity index (χ1) is 5.35. The molecule has 0 saturated carbocycles. The normalized spacial score (nSPS) is 13.8. The Morgan fingerprint density at radius 3 is 2.33 bits per heavy atom. The second-order valence-electron chi connectivity index (χ2n) is 3.93. The molecule has 0 spiro atoms. The summed E-state index contributed by atoms with van der Waals surface area (Å²) in [4.78, 5) is 11.1. The van der Waals surface area contributed by atoms with E-state index in [-0.39, 0.29) is 24.2 Å². The van der Waals surface area contributed by atoms with Gasteiger partial charge in [-0.1, -0.05) is 0 Å². The fraction of sp³-hybridized carbons (Fsp3) is 0.875. The van der Waals surface area contributed by atoms with Crippen molar-refractivity contribution in [3.8, 4) is 0 Å². The molecule has 4 heteroatoms. The summed E-state index contributed by atoms with van der Waals surface area (Å²) in [5.74, 6) is 0. The maximum atomic E-state index is 11.1. The Morgan fingerprint density at radius 1 is 1.50 bits per heavy atom. The summed E-state index contributed by atoms with van der Waals surface area (Å²) < 4.78 is 0. The minimum absolute atomic E-state index is 0.0441. The van der Waals surface area contributed by atoms with Crippen LogP contribution in [-0.2, 0) is 0 Å². The lowest BCUT2D eigenvalue weighted by Gasteiger charge is -2.22. The van der Waals surface area contributed by atoms with Gasteiger partial charge in [0.05, 0.1) is 12.6 Å². The molecule has 0 rings (SSSR count). The van der Waals surface area contributed by atoms with Crippen molar-refractivity contribution in [1.29, 1.82) is 0 Å². The van der Waals surface area contributed by atoms with Crippen molar-refractivity contribution in [1.82, 2.24) is 10.6 Å². The molecule has 72 valence electrons. The van der Waals surface area contributed by atoms with Crippen LogP contribution < -0.4 is 10.6 Å². The zero-order valence-corrected chi connectivity index (χ0v) is 8.14. The topological polar surface area (TPSA) is 61.4 Å². The molecule has 0 aliphatic heterocycles. The average Bonchev–Trinajstić information content (AvgIpc) is 1.82. The van der Waals surface area contributed by atoms with Gasteiger partial charge in [0, 0.05) is 5.54 Å². The Hall–Kier alpha value is -0.770. The summed E-state index contributed by atoms with van der Waals surface area (Å²) in [7, 11) is 0. The van der Waals surface area contributed by atoms with Crippen LogP contribution in [0.4, 0.5) is 4.79 Å². The molecule has 0 heterocycles. The highest BCUT2D eigenvalue weighted by Gasteiger charge is 2.14. The number of aliphatic hydroxyl groups excluding tert-OH is 1. The molecule has 0 aromatic rings. The number of carbonyl (C=O) groups excluding carboxylic acids is 1. The quantitative estimate of drug-likeness (QED) is 0.569. The molecular weight excluding hydrogens is 156 g/mol. The maximum Gasteiger partial charge on any atom is 0.315 e. The van der Waals surface area contributed by atoms with E-state index in [2.05, 4.69) is 10.6 Å². The van der Waals surface area contributed by atoms with Gasteiger partial charge >= 0.3 is 6.03 Å². The van der Waals surface area contributed by atoms with E-state index in [1.807, 2.05) is 20.8 Å². The summed E-state index contributed by atoms with van der Waals surface area (Å²) >= 11 is 0. The van der Waals surface area contributed by atoms with E-state index in [4.69, 9.17) is 5.11 Å². The lowest BCUT2D eigenvalue weighted by Crippen LogP contribution is -2.49. The number of carbonyl (C=O) groups is 1. The largest absolute Gasteiger partial charge is 0.394 e. The molecule has 0 aliphatic rings. The monoisotopic (exact) mass is 174 g/mol. The van der Waals surface area contributed by atoms with Crippen LogP contribution in [0.3, 0.4) is 0 Å². The Kier molecular flexibility index (Phi) is 4.03. The molecule has 0 bridgehead atoms. The zero-order valence-electron chi connectivity index (χ0n) is 8.14. The number of nitrogens with one attached hydrogen (secondary N) is 2. The molecule has 2 amide bonds. The second-order valence-corrected chi connectivity index (χ2v) is 3.93. The van der Waals surface area contributed by atoms with Gasteiger partial charge in [0.25, 0.3) is 0 Å². The molecule has 0 saturated heterocycles. The van der Waals surface area contributed by atoms with E-state index in [1.165, 1.54) is 0 Å². The van der Waals surface area contributed by atoms with Gasteiger partial charge in [-0.15, -0.1) is 0 Å². The Balaban J connectivity index is 3.75. The molecule has 12 heavy (non-hydrogen) atoms. The molecule has 0 aromatic heterocycles. The van der Waals surface area contributed by atoms with Crippen LogP contribution in [0.15, 0.2) is 0 Å². The van der Waals surface area contributed by atoms with Crippen LogP contribution in [0.5, 0.6) is 0 Å². The van der Waals surface area contributed by atoms with Gasteiger partial charge in [-0.05, 0) is 27.7 Å². The van der Waals surface area contributed by atoms with Crippen LogP contribution in [0.1, 0.15) is 27.7 Å². The first kappa shape index (κ1) is 11.2. The maximum absolute atomic E-state index is 11.1. The minimum Gasteiger partial charge on any atom is -0.394 e. The van der Waals surface area contributed by atoms with Crippen molar-refractivity contribution < 1.29 is 9.90 Å². The fourth-order valence-corrected chi connectivity index (χ4v) is 0.646. The molecule has 1 atom stereocenters. The van der Waals surface area contributed by atoms with Crippen molar-refractivity contribution in [3.63, 3.8) is 0 Å². The van der Waals surface area contributed by atoms with Crippen LogP contribution >= 0.6 is 0 Å². The molecule has 1 unspecified atom stereocenters. The molecule has 3 N–H and O–H groups in total. The Bertz CT molecular complexity index is 152. The second kappa shape index (κ2) is 4.30. The summed E-state index contributed by atoms with van der Waals surface area (Å²) in [5.41, 5.74) is -0.237. The Labute approximate surface area is 73.3 Å². The summed E-state index contributed by atoms with van der Waals surface area (Å²) in [6.45, 7) is 7.39. The van der Waals surface area contributed by atoms with Crippen molar-refractivity contribution >= 4 is 6.03 Å². The number of hydrogen-bond acceptors (Lipinski definition) is 2. The zero-order chi connectivity index (χ0) is 9.78. The SMILES string of the molecule is CC(CO)NC(=O)NC(C)(C)C. The standard InChI is InChI=1S/C8H18N2O2/c1-6(5-11)9-7(12)10-8(2,3)4/h6,11H,5H2,1-4H3,(H2,9,10,12). The van der Waals surface area contributed by atoms with Gasteiger partial charge in [-0.25, -0.2) is 4.79 Å². The molecular formula is C8H18N2O2. The molecule has 4 nitrogen and oxygen atoms in total. The summed E-state index contributed by atoms with van der Waals surface area (Å²) in [5, 5.41) is 13.9. The fourth-order valence-electron chi connectivity index (χ4n) is 0.646. The van der Waals surface area contributed by atoms with Gasteiger partial charge in [0.15, 0.2) is 0 Å². The van der Waals surface area contributed by atoms with Gasteiger partial charge in [0.1, 0.15) is 0 Å². The number of urea groups is 1. The van der Waals surface area contributed by atoms with Gasteiger partial charge < -0.3 is 15.7 Å². The minimum atomic E-state index is -0.246. The van der Waals surface area contributed by atoms with E-state index in [0.29, 0.717) is 0 Å². The number of rotatable bonds is 2. The predicted octanol–water partition coefficient (Wildman–Crippen LogP) is 0.465. The molecule has 0 fully saturated rings. The number of hydrogen-bond donors (Lipinski definition) is 3.